The molecule has 1 fully saturated rings. The van der Waals surface area contributed by atoms with Crippen LogP contribution in [0.3, 0.4) is 0 Å². The average molecular weight is 372 g/mol. The van der Waals surface area contributed by atoms with E-state index in [0.29, 0.717) is 0 Å². The summed E-state index contributed by atoms with van der Waals surface area (Å²) in [5.41, 5.74) is 4.34. The highest BCUT2D eigenvalue weighted by Crippen LogP contribution is 2.25. The fourth-order valence-corrected chi connectivity index (χ4v) is 3.95. The van der Waals surface area contributed by atoms with Crippen LogP contribution in [0, 0.1) is 0 Å². The van der Waals surface area contributed by atoms with E-state index < -0.39 is 0 Å². The Morgan fingerprint density at radius 2 is 1.71 bits per heavy atom. The first-order valence-corrected chi connectivity index (χ1v) is 9.41. The van der Waals surface area contributed by atoms with Crippen molar-refractivity contribution in [1.29, 1.82) is 0 Å². The summed E-state index contributed by atoms with van der Waals surface area (Å²) in [6.07, 6.45) is 2.66. The Labute approximate surface area is 161 Å². The second-order valence-corrected chi connectivity index (χ2v) is 7.07. The zero-order valence-electron chi connectivity index (χ0n) is 15.2. The van der Waals surface area contributed by atoms with Crippen LogP contribution in [-0.4, -0.2) is 32.3 Å². The molecular formula is C22H20N4O2. The first-order valence-electron chi connectivity index (χ1n) is 9.41. The molecular weight excluding hydrogens is 352 g/mol. The summed E-state index contributed by atoms with van der Waals surface area (Å²) >= 11 is 0. The molecule has 140 valence electrons. The summed E-state index contributed by atoms with van der Waals surface area (Å²) < 4.78 is 3.56. The maximum absolute atomic E-state index is 13.3. The van der Waals surface area contributed by atoms with Gasteiger partial charge in [-0.2, -0.15) is 0 Å². The van der Waals surface area contributed by atoms with Gasteiger partial charge in [0.1, 0.15) is 5.75 Å². The number of phenols is 1. The van der Waals surface area contributed by atoms with Crippen LogP contribution >= 0.6 is 0 Å². The molecule has 0 saturated carbocycles. The van der Waals surface area contributed by atoms with Crippen molar-refractivity contribution < 1.29 is 5.11 Å². The lowest BCUT2D eigenvalue weighted by atomic mass is 10.1. The zero-order chi connectivity index (χ0) is 19.1. The molecule has 0 unspecified atom stereocenters. The van der Waals surface area contributed by atoms with E-state index in [-0.39, 0.29) is 17.5 Å². The Balaban J connectivity index is 1.62. The molecule has 28 heavy (non-hydrogen) atoms. The Kier molecular flexibility index (Phi) is 3.98. The molecule has 0 bridgehead atoms. The fraction of sp³-hybridized carbons (Fsp3) is 0.182. The van der Waals surface area contributed by atoms with E-state index in [1.54, 1.807) is 22.9 Å². The van der Waals surface area contributed by atoms with Crippen molar-refractivity contribution in [3.8, 4) is 22.6 Å². The van der Waals surface area contributed by atoms with Gasteiger partial charge in [0, 0.05) is 12.7 Å². The minimum atomic E-state index is -0.0558. The van der Waals surface area contributed by atoms with Crippen LogP contribution in [0.15, 0.2) is 71.7 Å². The lowest BCUT2D eigenvalue weighted by molar-refractivity contribution is 0.475. The second-order valence-electron chi connectivity index (χ2n) is 7.07. The van der Waals surface area contributed by atoms with Crippen molar-refractivity contribution in [2.75, 3.05) is 13.1 Å². The number of hydrogen-bond donors (Lipinski definition) is 2. The number of nitrogens with zero attached hydrogens (tertiary/aromatic N) is 3. The maximum Gasteiger partial charge on any atom is 0.335 e. The molecule has 1 atom stereocenters. The van der Waals surface area contributed by atoms with Crippen LogP contribution in [0.1, 0.15) is 12.5 Å². The number of benzene rings is 2. The quantitative estimate of drug-likeness (QED) is 0.580. The van der Waals surface area contributed by atoms with E-state index in [1.807, 2.05) is 53.1 Å². The molecule has 2 N–H and O–H groups in total. The lowest BCUT2D eigenvalue weighted by Gasteiger charge is -2.09. The summed E-state index contributed by atoms with van der Waals surface area (Å²) in [7, 11) is 0. The predicted molar refractivity (Wildman–Crippen MR) is 109 cm³/mol. The van der Waals surface area contributed by atoms with Gasteiger partial charge in [0.2, 0.25) is 0 Å². The van der Waals surface area contributed by atoms with Gasteiger partial charge in [0.15, 0.2) is 5.65 Å². The number of aromatic nitrogens is 3. The topological polar surface area (TPSA) is 72.1 Å². The minimum absolute atomic E-state index is 0.0558. The standard InChI is InChI=1S/C22H20N4O2/c27-19-9-5-16(6-10-19)15-3-7-17(8-4-15)25-20-2-1-12-24-21(20)26(22(25)28)18-11-13-23-14-18/h1-10,12,18,23,27H,11,13-14H2/t18-/m0/s1. The molecule has 2 aromatic heterocycles. The van der Waals surface area contributed by atoms with Crippen LogP contribution in [0.4, 0.5) is 0 Å². The van der Waals surface area contributed by atoms with Crippen LogP contribution < -0.4 is 11.0 Å². The highest BCUT2D eigenvalue weighted by molar-refractivity contribution is 5.75. The number of hydrogen-bond acceptors (Lipinski definition) is 4. The Bertz CT molecular complexity index is 1180. The van der Waals surface area contributed by atoms with Crippen LogP contribution in [0.25, 0.3) is 28.0 Å². The van der Waals surface area contributed by atoms with Crippen molar-refractivity contribution in [3.63, 3.8) is 0 Å². The predicted octanol–water partition coefficient (Wildman–Crippen LogP) is 3.09. The molecule has 2 aromatic carbocycles. The molecule has 1 aliphatic heterocycles. The molecule has 6 nitrogen and oxygen atoms in total. The smallest absolute Gasteiger partial charge is 0.335 e. The van der Waals surface area contributed by atoms with E-state index in [9.17, 15) is 9.90 Å². The van der Waals surface area contributed by atoms with Gasteiger partial charge in [-0.1, -0.05) is 24.3 Å². The third kappa shape index (κ3) is 2.70. The average Bonchev–Trinajstić information content (AvgIpc) is 3.34. The molecule has 6 heteroatoms. The molecule has 5 rings (SSSR count). The number of imidazole rings is 1. The minimum Gasteiger partial charge on any atom is -0.508 e. The van der Waals surface area contributed by atoms with Gasteiger partial charge in [-0.05, 0) is 60.5 Å². The third-order valence-corrected chi connectivity index (χ3v) is 5.36. The van der Waals surface area contributed by atoms with E-state index in [0.717, 1.165) is 47.5 Å². The second kappa shape index (κ2) is 6.65. The van der Waals surface area contributed by atoms with E-state index >= 15 is 0 Å². The number of pyridine rings is 1. The van der Waals surface area contributed by atoms with Gasteiger partial charge in [-0.3, -0.25) is 9.13 Å². The van der Waals surface area contributed by atoms with Crippen LogP contribution in [0.2, 0.25) is 0 Å². The number of phenolic OH excluding ortho intramolecular Hbond substituents is 1. The maximum atomic E-state index is 13.3. The van der Waals surface area contributed by atoms with Crippen molar-refractivity contribution >= 4 is 11.2 Å². The number of fused-ring (bicyclic) bond motifs is 1. The summed E-state index contributed by atoms with van der Waals surface area (Å²) in [6.45, 7) is 1.70. The van der Waals surface area contributed by atoms with Crippen molar-refractivity contribution in [3.05, 3.63) is 77.3 Å². The number of rotatable bonds is 3. The van der Waals surface area contributed by atoms with Gasteiger partial charge in [0.05, 0.1) is 17.2 Å². The largest absolute Gasteiger partial charge is 0.508 e. The van der Waals surface area contributed by atoms with E-state index in [4.69, 9.17) is 0 Å². The molecule has 0 radical (unpaired) electrons. The van der Waals surface area contributed by atoms with Crippen molar-refractivity contribution in [1.82, 2.24) is 19.4 Å². The van der Waals surface area contributed by atoms with Gasteiger partial charge < -0.3 is 10.4 Å². The first-order chi connectivity index (χ1) is 13.7. The molecule has 0 spiro atoms. The Hall–Kier alpha value is -3.38. The normalized spacial score (nSPS) is 16.6. The Morgan fingerprint density at radius 3 is 2.39 bits per heavy atom. The Morgan fingerprint density at radius 1 is 1.00 bits per heavy atom. The molecule has 4 aromatic rings. The molecule has 0 aliphatic carbocycles. The van der Waals surface area contributed by atoms with Crippen molar-refractivity contribution in [2.45, 2.75) is 12.5 Å². The first kappa shape index (κ1) is 16.8. The zero-order valence-corrected chi connectivity index (χ0v) is 15.2. The van der Waals surface area contributed by atoms with Crippen LogP contribution in [-0.2, 0) is 0 Å². The van der Waals surface area contributed by atoms with Gasteiger partial charge >= 0.3 is 5.69 Å². The van der Waals surface area contributed by atoms with E-state index in [1.165, 1.54) is 0 Å². The van der Waals surface area contributed by atoms with Gasteiger partial charge in [-0.15, -0.1) is 0 Å². The molecule has 0 amide bonds. The van der Waals surface area contributed by atoms with Gasteiger partial charge in [0.25, 0.3) is 0 Å². The third-order valence-electron chi connectivity index (χ3n) is 5.36. The summed E-state index contributed by atoms with van der Waals surface area (Å²) in [5, 5.41) is 12.8. The summed E-state index contributed by atoms with van der Waals surface area (Å²) in [6, 6.07) is 18.9. The van der Waals surface area contributed by atoms with Crippen molar-refractivity contribution in [2.24, 2.45) is 0 Å². The number of nitrogens with one attached hydrogen (secondary N) is 1. The molecule has 1 aliphatic rings. The van der Waals surface area contributed by atoms with Crippen LogP contribution in [0.5, 0.6) is 5.75 Å². The molecule has 1 saturated heterocycles. The highest BCUT2D eigenvalue weighted by Gasteiger charge is 2.24. The SMILES string of the molecule is O=c1n(-c2ccc(-c3ccc(O)cc3)cc2)c2cccnc2n1[C@H]1CCNC1. The molecule has 3 heterocycles. The fourth-order valence-electron chi connectivity index (χ4n) is 3.95. The lowest BCUT2D eigenvalue weighted by Crippen LogP contribution is -2.28. The summed E-state index contributed by atoms with van der Waals surface area (Å²) in [4.78, 5) is 17.8. The van der Waals surface area contributed by atoms with Gasteiger partial charge in [-0.25, -0.2) is 9.78 Å². The highest BCUT2D eigenvalue weighted by atomic mass is 16.3. The summed E-state index contributed by atoms with van der Waals surface area (Å²) in [5.74, 6) is 0.244. The monoisotopic (exact) mass is 372 g/mol. The van der Waals surface area contributed by atoms with E-state index in [2.05, 4.69) is 10.3 Å². The number of aromatic hydroxyl groups is 1.